The van der Waals surface area contributed by atoms with Gasteiger partial charge in [-0.3, -0.25) is 0 Å². The van der Waals surface area contributed by atoms with E-state index < -0.39 is 0 Å². The maximum Gasteiger partial charge on any atom is 0.0641 e. The summed E-state index contributed by atoms with van der Waals surface area (Å²) in [5.41, 5.74) is 3.29. The van der Waals surface area contributed by atoms with Gasteiger partial charge in [0, 0.05) is 18.8 Å². The van der Waals surface area contributed by atoms with E-state index in [2.05, 4.69) is 34.3 Å². The van der Waals surface area contributed by atoms with Gasteiger partial charge in [-0.05, 0) is 43.9 Å². The zero-order valence-corrected chi connectivity index (χ0v) is 9.82. The third-order valence-corrected chi connectivity index (χ3v) is 3.20. The quantitative estimate of drug-likeness (QED) is 0.469. The molecule has 2 N–H and O–H groups in total. The van der Waals surface area contributed by atoms with Gasteiger partial charge in [0.25, 0.3) is 0 Å². The predicted molar refractivity (Wildman–Crippen MR) is 68.9 cm³/mol. The Bertz CT molecular complexity index is 361. The SMILES string of the molecule is C/C(=N/N)c1ccc(N2CCCCC2)cc1. The van der Waals surface area contributed by atoms with Crippen molar-refractivity contribution in [3.05, 3.63) is 29.8 Å². The van der Waals surface area contributed by atoms with Gasteiger partial charge in [0.2, 0.25) is 0 Å². The van der Waals surface area contributed by atoms with Crippen LogP contribution in [0.1, 0.15) is 31.7 Å². The summed E-state index contributed by atoms with van der Waals surface area (Å²) in [5.74, 6) is 5.26. The highest BCUT2D eigenvalue weighted by molar-refractivity contribution is 5.98. The number of rotatable bonds is 2. The number of benzene rings is 1. The first-order valence-electron chi connectivity index (χ1n) is 5.91. The van der Waals surface area contributed by atoms with Crippen molar-refractivity contribution in [2.45, 2.75) is 26.2 Å². The Balaban J connectivity index is 2.12. The molecule has 0 aliphatic carbocycles. The molecule has 1 aromatic rings. The lowest BCUT2D eigenvalue weighted by molar-refractivity contribution is 0.578. The predicted octanol–water partition coefficient (Wildman–Crippen LogP) is 2.36. The Labute approximate surface area is 96.9 Å². The number of piperidine rings is 1. The fourth-order valence-electron chi connectivity index (χ4n) is 2.14. The van der Waals surface area contributed by atoms with E-state index in [0.29, 0.717) is 0 Å². The molecule has 0 amide bonds. The molecule has 3 heteroatoms. The largest absolute Gasteiger partial charge is 0.372 e. The highest BCUT2D eigenvalue weighted by Crippen LogP contribution is 2.20. The Hall–Kier alpha value is -1.51. The molecular weight excluding hydrogens is 198 g/mol. The Morgan fingerprint density at radius 3 is 2.31 bits per heavy atom. The topological polar surface area (TPSA) is 41.6 Å². The van der Waals surface area contributed by atoms with Crippen LogP contribution in [0.5, 0.6) is 0 Å². The second-order valence-electron chi connectivity index (χ2n) is 4.31. The van der Waals surface area contributed by atoms with Gasteiger partial charge in [-0.1, -0.05) is 12.1 Å². The van der Waals surface area contributed by atoms with Crippen molar-refractivity contribution >= 4 is 11.4 Å². The number of nitrogens with two attached hydrogens (primary N) is 1. The fourth-order valence-corrected chi connectivity index (χ4v) is 2.14. The molecule has 16 heavy (non-hydrogen) atoms. The number of anilines is 1. The van der Waals surface area contributed by atoms with Crippen LogP contribution in [0.3, 0.4) is 0 Å². The lowest BCUT2D eigenvalue weighted by Gasteiger charge is -2.28. The zero-order chi connectivity index (χ0) is 11.4. The Morgan fingerprint density at radius 1 is 1.12 bits per heavy atom. The molecule has 86 valence electrons. The van der Waals surface area contributed by atoms with Gasteiger partial charge < -0.3 is 10.7 Å². The highest BCUT2D eigenvalue weighted by atomic mass is 15.1. The molecule has 0 atom stereocenters. The summed E-state index contributed by atoms with van der Waals surface area (Å²) in [5, 5.41) is 3.70. The molecule has 1 heterocycles. The minimum atomic E-state index is 0.880. The van der Waals surface area contributed by atoms with Crippen LogP contribution >= 0.6 is 0 Å². The molecule has 1 aliphatic heterocycles. The first-order valence-corrected chi connectivity index (χ1v) is 5.91. The first kappa shape index (κ1) is 11.0. The molecule has 0 bridgehead atoms. The molecule has 1 aliphatic rings. The van der Waals surface area contributed by atoms with Gasteiger partial charge >= 0.3 is 0 Å². The van der Waals surface area contributed by atoms with Crippen molar-refractivity contribution in [2.24, 2.45) is 10.9 Å². The summed E-state index contributed by atoms with van der Waals surface area (Å²) < 4.78 is 0. The molecule has 1 aromatic carbocycles. The minimum Gasteiger partial charge on any atom is -0.372 e. The monoisotopic (exact) mass is 217 g/mol. The smallest absolute Gasteiger partial charge is 0.0641 e. The van der Waals surface area contributed by atoms with Gasteiger partial charge in [0.15, 0.2) is 0 Å². The lowest BCUT2D eigenvalue weighted by atomic mass is 10.1. The molecule has 0 unspecified atom stereocenters. The number of hydrogen-bond donors (Lipinski definition) is 1. The molecule has 0 radical (unpaired) electrons. The van der Waals surface area contributed by atoms with E-state index in [4.69, 9.17) is 5.84 Å². The van der Waals surface area contributed by atoms with Crippen LogP contribution in [-0.2, 0) is 0 Å². The van der Waals surface area contributed by atoms with Gasteiger partial charge in [-0.15, -0.1) is 0 Å². The van der Waals surface area contributed by atoms with Crippen molar-refractivity contribution in [2.75, 3.05) is 18.0 Å². The molecular formula is C13H19N3. The van der Waals surface area contributed by atoms with Crippen molar-refractivity contribution in [1.82, 2.24) is 0 Å². The summed E-state index contributed by atoms with van der Waals surface area (Å²) in [7, 11) is 0. The molecule has 0 aromatic heterocycles. The normalized spacial score (nSPS) is 17.6. The second kappa shape index (κ2) is 5.01. The summed E-state index contributed by atoms with van der Waals surface area (Å²) in [4.78, 5) is 2.45. The van der Waals surface area contributed by atoms with E-state index >= 15 is 0 Å². The van der Waals surface area contributed by atoms with Crippen LogP contribution in [-0.4, -0.2) is 18.8 Å². The fraction of sp³-hybridized carbons (Fsp3) is 0.462. The molecule has 0 saturated carbocycles. The third kappa shape index (κ3) is 2.35. The second-order valence-corrected chi connectivity index (χ2v) is 4.31. The van der Waals surface area contributed by atoms with Crippen molar-refractivity contribution in [3.8, 4) is 0 Å². The zero-order valence-electron chi connectivity index (χ0n) is 9.82. The molecule has 1 fully saturated rings. The van der Waals surface area contributed by atoms with Crippen LogP contribution in [0.25, 0.3) is 0 Å². The summed E-state index contributed by atoms with van der Waals surface area (Å²) in [6.07, 6.45) is 3.99. The lowest BCUT2D eigenvalue weighted by Crippen LogP contribution is -2.29. The van der Waals surface area contributed by atoms with Crippen molar-refractivity contribution in [1.29, 1.82) is 0 Å². The van der Waals surface area contributed by atoms with E-state index in [1.807, 2.05) is 6.92 Å². The maximum absolute atomic E-state index is 5.26. The van der Waals surface area contributed by atoms with E-state index in [1.54, 1.807) is 0 Å². The average Bonchev–Trinajstić information content (AvgIpc) is 2.39. The van der Waals surface area contributed by atoms with E-state index in [1.165, 1.54) is 38.0 Å². The minimum absolute atomic E-state index is 0.880. The third-order valence-electron chi connectivity index (χ3n) is 3.20. The van der Waals surface area contributed by atoms with E-state index in [-0.39, 0.29) is 0 Å². The maximum atomic E-state index is 5.26. The summed E-state index contributed by atoms with van der Waals surface area (Å²) >= 11 is 0. The molecule has 3 nitrogen and oxygen atoms in total. The Kier molecular flexibility index (Phi) is 3.44. The molecule has 0 spiro atoms. The van der Waals surface area contributed by atoms with Crippen LogP contribution in [0.15, 0.2) is 29.4 Å². The van der Waals surface area contributed by atoms with E-state index in [0.717, 1.165) is 11.3 Å². The average molecular weight is 217 g/mol. The van der Waals surface area contributed by atoms with Crippen molar-refractivity contribution in [3.63, 3.8) is 0 Å². The molecule has 2 rings (SSSR count). The highest BCUT2D eigenvalue weighted by Gasteiger charge is 2.10. The standard InChI is InChI=1S/C13H19N3/c1-11(15-14)12-5-7-13(8-6-12)16-9-3-2-4-10-16/h5-8H,2-4,9-10,14H2,1H3/b15-11-. The number of hydrazone groups is 1. The van der Waals surface area contributed by atoms with Crippen LogP contribution in [0.4, 0.5) is 5.69 Å². The van der Waals surface area contributed by atoms with Crippen LogP contribution in [0, 0.1) is 0 Å². The van der Waals surface area contributed by atoms with Gasteiger partial charge in [0.05, 0.1) is 5.71 Å². The number of nitrogens with zero attached hydrogens (tertiary/aromatic N) is 2. The Morgan fingerprint density at radius 2 is 1.75 bits per heavy atom. The summed E-state index contributed by atoms with van der Waals surface area (Å²) in [6, 6.07) is 8.51. The van der Waals surface area contributed by atoms with Gasteiger partial charge in [-0.2, -0.15) is 5.10 Å². The number of hydrogen-bond acceptors (Lipinski definition) is 3. The van der Waals surface area contributed by atoms with E-state index in [9.17, 15) is 0 Å². The van der Waals surface area contributed by atoms with Gasteiger partial charge in [-0.25, -0.2) is 0 Å². The molecule has 1 saturated heterocycles. The first-order chi connectivity index (χ1) is 7.81. The van der Waals surface area contributed by atoms with Crippen LogP contribution < -0.4 is 10.7 Å². The van der Waals surface area contributed by atoms with Crippen molar-refractivity contribution < 1.29 is 0 Å². The summed E-state index contributed by atoms with van der Waals surface area (Å²) in [6.45, 7) is 4.29. The van der Waals surface area contributed by atoms with Gasteiger partial charge in [0.1, 0.15) is 0 Å². The van der Waals surface area contributed by atoms with Crippen LogP contribution in [0.2, 0.25) is 0 Å².